The van der Waals surface area contributed by atoms with Crippen molar-refractivity contribution in [3.05, 3.63) is 57.1 Å². The maximum Gasteiger partial charge on any atom is 0.263 e. The molecule has 1 aliphatic rings. The summed E-state index contributed by atoms with van der Waals surface area (Å²) in [5.74, 6) is 1.26. The minimum Gasteiger partial charge on any atom is -0.339 e. The normalized spacial score (nSPS) is 17.5. The predicted molar refractivity (Wildman–Crippen MR) is 102 cm³/mol. The van der Waals surface area contributed by atoms with E-state index in [1.54, 1.807) is 0 Å². The van der Waals surface area contributed by atoms with E-state index in [0.29, 0.717) is 23.3 Å². The number of piperidine rings is 1. The van der Waals surface area contributed by atoms with Crippen molar-refractivity contribution in [2.45, 2.75) is 25.7 Å². The molecule has 1 aromatic carbocycles. The molecule has 3 heterocycles. The molecule has 0 radical (unpaired) electrons. The average Bonchev–Trinajstić information content (AvgIpc) is 3.30. The lowest BCUT2D eigenvalue weighted by Crippen LogP contribution is -2.38. The van der Waals surface area contributed by atoms with Crippen molar-refractivity contribution in [2.75, 3.05) is 13.1 Å². The molecular weight excluding hydrogens is 370 g/mol. The van der Waals surface area contributed by atoms with Crippen molar-refractivity contribution in [3.8, 4) is 11.4 Å². The predicted octanol–water partition coefficient (Wildman–Crippen LogP) is 4.78. The number of carbonyl (C=O) groups excluding carboxylic acids is 1. The Kier molecular flexibility index (Phi) is 4.78. The van der Waals surface area contributed by atoms with Crippen molar-refractivity contribution in [2.24, 2.45) is 0 Å². The van der Waals surface area contributed by atoms with E-state index in [2.05, 4.69) is 10.1 Å². The number of hydrogen-bond acceptors (Lipinski definition) is 5. The first-order valence-corrected chi connectivity index (χ1v) is 9.75. The molecule has 26 heavy (non-hydrogen) atoms. The number of rotatable bonds is 3. The topological polar surface area (TPSA) is 59.2 Å². The third-order valence-electron chi connectivity index (χ3n) is 4.53. The van der Waals surface area contributed by atoms with Gasteiger partial charge in [0.2, 0.25) is 11.7 Å². The molecule has 1 amide bonds. The molecule has 3 aromatic rings. The van der Waals surface area contributed by atoms with Crippen LogP contribution in [-0.2, 0) is 0 Å². The molecule has 1 aliphatic heterocycles. The SMILES string of the molecule is Cc1ccc(C(=O)N2CCCC(c3nc(-c4cccc(Cl)c4)no3)C2)s1. The highest BCUT2D eigenvalue weighted by molar-refractivity contribution is 7.13. The lowest BCUT2D eigenvalue weighted by Gasteiger charge is -2.30. The molecule has 7 heteroatoms. The average molecular weight is 388 g/mol. The highest BCUT2D eigenvalue weighted by Gasteiger charge is 2.29. The number of nitrogens with zero attached hydrogens (tertiary/aromatic N) is 3. The summed E-state index contributed by atoms with van der Waals surface area (Å²) in [5.41, 5.74) is 0.824. The summed E-state index contributed by atoms with van der Waals surface area (Å²) in [4.78, 5) is 21.1. The molecule has 0 N–H and O–H groups in total. The van der Waals surface area contributed by atoms with Crippen molar-refractivity contribution in [1.82, 2.24) is 15.0 Å². The minimum absolute atomic E-state index is 0.0641. The second kappa shape index (κ2) is 7.21. The second-order valence-corrected chi connectivity index (χ2v) is 8.19. The number of likely N-dealkylation sites (tertiary alicyclic amines) is 1. The van der Waals surface area contributed by atoms with E-state index < -0.39 is 0 Å². The number of aromatic nitrogens is 2. The number of benzene rings is 1. The van der Waals surface area contributed by atoms with Crippen LogP contribution in [0.5, 0.6) is 0 Å². The fourth-order valence-corrected chi connectivity index (χ4v) is 4.24. The third-order valence-corrected chi connectivity index (χ3v) is 5.76. The van der Waals surface area contributed by atoms with Crippen LogP contribution in [0.2, 0.25) is 5.02 Å². The summed E-state index contributed by atoms with van der Waals surface area (Å²) in [6, 6.07) is 11.3. The van der Waals surface area contributed by atoms with E-state index in [1.807, 2.05) is 48.2 Å². The maximum absolute atomic E-state index is 12.7. The van der Waals surface area contributed by atoms with Gasteiger partial charge in [0.1, 0.15) is 0 Å². The molecule has 0 saturated carbocycles. The first kappa shape index (κ1) is 17.2. The van der Waals surface area contributed by atoms with Crippen LogP contribution >= 0.6 is 22.9 Å². The first-order chi connectivity index (χ1) is 12.6. The Hall–Kier alpha value is -2.18. The van der Waals surface area contributed by atoms with E-state index in [-0.39, 0.29) is 11.8 Å². The standard InChI is InChI=1S/C19H18ClN3O2S/c1-12-7-8-16(26-12)19(24)23-9-3-5-14(11-23)18-21-17(22-25-18)13-4-2-6-15(20)10-13/h2,4,6-8,10,14H,3,5,9,11H2,1H3. The Balaban J connectivity index is 1.51. The molecule has 0 bridgehead atoms. The van der Waals surface area contributed by atoms with Gasteiger partial charge in [0.15, 0.2) is 0 Å². The Labute approximate surface area is 160 Å². The zero-order valence-electron chi connectivity index (χ0n) is 14.3. The van der Waals surface area contributed by atoms with Crippen LogP contribution < -0.4 is 0 Å². The van der Waals surface area contributed by atoms with Gasteiger partial charge in [-0.25, -0.2) is 0 Å². The Morgan fingerprint density at radius 1 is 1.35 bits per heavy atom. The number of aryl methyl sites for hydroxylation is 1. The summed E-state index contributed by atoms with van der Waals surface area (Å²) >= 11 is 7.57. The maximum atomic E-state index is 12.7. The fourth-order valence-electron chi connectivity index (χ4n) is 3.21. The van der Waals surface area contributed by atoms with Crippen molar-refractivity contribution in [3.63, 3.8) is 0 Å². The van der Waals surface area contributed by atoms with Gasteiger partial charge < -0.3 is 9.42 Å². The molecule has 0 spiro atoms. The Bertz CT molecular complexity index is 936. The largest absolute Gasteiger partial charge is 0.339 e. The molecule has 1 fully saturated rings. The lowest BCUT2D eigenvalue weighted by molar-refractivity contribution is 0.0700. The zero-order valence-corrected chi connectivity index (χ0v) is 15.9. The van der Waals surface area contributed by atoms with E-state index in [0.717, 1.165) is 34.7 Å². The number of amides is 1. The van der Waals surface area contributed by atoms with Gasteiger partial charge in [-0.1, -0.05) is 28.9 Å². The molecule has 1 saturated heterocycles. The van der Waals surface area contributed by atoms with Gasteiger partial charge in [0, 0.05) is 28.6 Å². The smallest absolute Gasteiger partial charge is 0.263 e. The first-order valence-electron chi connectivity index (χ1n) is 8.55. The van der Waals surface area contributed by atoms with E-state index in [1.165, 1.54) is 11.3 Å². The number of thiophene rings is 1. The monoisotopic (exact) mass is 387 g/mol. The fraction of sp³-hybridized carbons (Fsp3) is 0.316. The van der Waals surface area contributed by atoms with Crippen LogP contribution in [0.1, 0.15) is 39.2 Å². The molecule has 1 unspecified atom stereocenters. The van der Waals surface area contributed by atoms with Crippen LogP contribution in [0.4, 0.5) is 0 Å². The summed E-state index contributed by atoms with van der Waals surface area (Å²) < 4.78 is 5.50. The summed E-state index contributed by atoms with van der Waals surface area (Å²) in [6.07, 6.45) is 1.86. The zero-order chi connectivity index (χ0) is 18.1. The molecule has 2 aromatic heterocycles. The Morgan fingerprint density at radius 3 is 3.00 bits per heavy atom. The van der Waals surface area contributed by atoms with Crippen molar-refractivity contribution < 1.29 is 9.32 Å². The van der Waals surface area contributed by atoms with Gasteiger partial charge in [-0.05, 0) is 44.0 Å². The number of hydrogen-bond donors (Lipinski definition) is 0. The molecule has 5 nitrogen and oxygen atoms in total. The van der Waals surface area contributed by atoms with Gasteiger partial charge in [-0.15, -0.1) is 11.3 Å². The van der Waals surface area contributed by atoms with Gasteiger partial charge in [0.05, 0.1) is 10.8 Å². The van der Waals surface area contributed by atoms with Crippen LogP contribution in [-0.4, -0.2) is 34.0 Å². The van der Waals surface area contributed by atoms with E-state index in [9.17, 15) is 4.79 Å². The molecule has 0 aliphatic carbocycles. The van der Waals surface area contributed by atoms with Crippen LogP contribution in [0, 0.1) is 6.92 Å². The second-order valence-electron chi connectivity index (χ2n) is 6.47. The summed E-state index contributed by atoms with van der Waals surface area (Å²) in [7, 11) is 0. The Morgan fingerprint density at radius 2 is 2.23 bits per heavy atom. The summed E-state index contributed by atoms with van der Waals surface area (Å²) in [5, 5.41) is 4.72. The van der Waals surface area contributed by atoms with E-state index >= 15 is 0 Å². The third kappa shape index (κ3) is 3.52. The number of halogens is 1. The quantitative estimate of drug-likeness (QED) is 0.648. The number of carbonyl (C=O) groups is 1. The van der Waals surface area contributed by atoms with Crippen LogP contribution in [0.25, 0.3) is 11.4 Å². The molecule has 1 atom stereocenters. The highest BCUT2D eigenvalue weighted by atomic mass is 35.5. The minimum atomic E-state index is 0.0641. The van der Waals surface area contributed by atoms with Gasteiger partial charge in [-0.3, -0.25) is 4.79 Å². The van der Waals surface area contributed by atoms with Gasteiger partial charge >= 0.3 is 0 Å². The van der Waals surface area contributed by atoms with Gasteiger partial charge in [0.25, 0.3) is 5.91 Å². The highest BCUT2D eigenvalue weighted by Crippen LogP contribution is 2.29. The van der Waals surface area contributed by atoms with Crippen LogP contribution in [0.15, 0.2) is 40.9 Å². The molecule has 4 rings (SSSR count). The van der Waals surface area contributed by atoms with E-state index in [4.69, 9.17) is 16.1 Å². The van der Waals surface area contributed by atoms with Crippen LogP contribution in [0.3, 0.4) is 0 Å². The lowest BCUT2D eigenvalue weighted by atomic mass is 9.98. The van der Waals surface area contributed by atoms with Crippen molar-refractivity contribution >= 4 is 28.8 Å². The van der Waals surface area contributed by atoms with Crippen molar-refractivity contribution in [1.29, 1.82) is 0 Å². The van der Waals surface area contributed by atoms with Gasteiger partial charge in [-0.2, -0.15) is 4.98 Å². The summed E-state index contributed by atoms with van der Waals surface area (Å²) in [6.45, 7) is 3.38. The molecular formula is C19H18ClN3O2S. The molecule has 134 valence electrons.